The van der Waals surface area contributed by atoms with Crippen molar-refractivity contribution >= 4 is 6.03 Å². The van der Waals surface area contributed by atoms with Gasteiger partial charge in [-0.15, -0.1) is 0 Å². The molecule has 0 unspecified atom stereocenters. The van der Waals surface area contributed by atoms with E-state index in [1.54, 1.807) is 0 Å². The van der Waals surface area contributed by atoms with Crippen LogP contribution in [0.2, 0.25) is 0 Å². The first kappa shape index (κ1) is 12.7. The molecule has 2 aliphatic carbocycles. The fourth-order valence-electron chi connectivity index (χ4n) is 2.88. The lowest BCUT2D eigenvalue weighted by Crippen LogP contribution is -2.50. The number of rotatable bonds is 4. The highest BCUT2D eigenvalue weighted by Gasteiger charge is 2.35. The number of hydrogen-bond acceptors (Lipinski definition) is 2. The number of carbonyl (C=O) groups is 1. The van der Waals surface area contributed by atoms with E-state index < -0.39 is 0 Å². The molecule has 98 valence electrons. The SMILES string of the molecule is NCC1(CNC(=O)NC2CCCCC2)CCC1. The van der Waals surface area contributed by atoms with Gasteiger partial charge in [-0.2, -0.15) is 0 Å². The quantitative estimate of drug-likeness (QED) is 0.699. The third-order valence-corrected chi connectivity index (χ3v) is 4.41. The Labute approximate surface area is 104 Å². The highest BCUT2D eigenvalue weighted by Crippen LogP contribution is 2.39. The molecule has 0 atom stereocenters. The van der Waals surface area contributed by atoms with E-state index >= 15 is 0 Å². The summed E-state index contributed by atoms with van der Waals surface area (Å²) >= 11 is 0. The third kappa shape index (κ3) is 3.35. The zero-order chi connectivity index (χ0) is 12.1. The molecule has 2 fully saturated rings. The number of carbonyl (C=O) groups excluding carboxylic acids is 1. The van der Waals surface area contributed by atoms with Crippen molar-refractivity contribution in [2.24, 2.45) is 11.1 Å². The summed E-state index contributed by atoms with van der Waals surface area (Å²) in [5, 5.41) is 6.07. The minimum Gasteiger partial charge on any atom is -0.338 e. The van der Waals surface area contributed by atoms with Crippen molar-refractivity contribution in [3.63, 3.8) is 0 Å². The van der Waals surface area contributed by atoms with Crippen molar-refractivity contribution in [2.75, 3.05) is 13.1 Å². The molecule has 0 aromatic rings. The Bertz CT molecular complexity index is 252. The average molecular weight is 239 g/mol. The van der Waals surface area contributed by atoms with Gasteiger partial charge < -0.3 is 16.4 Å². The van der Waals surface area contributed by atoms with Gasteiger partial charge in [-0.1, -0.05) is 25.7 Å². The standard InChI is InChI=1S/C13H25N3O/c14-9-13(7-4-8-13)10-15-12(17)16-11-5-2-1-3-6-11/h11H,1-10,14H2,(H2,15,16,17). The minimum absolute atomic E-state index is 0.00313. The molecule has 4 N–H and O–H groups in total. The van der Waals surface area contributed by atoms with Crippen molar-refractivity contribution in [3.05, 3.63) is 0 Å². The van der Waals surface area contributed by atoms with Crippen LogP contribution in [0.15, 0.2) is 0 Å². The lowest BCUT2D eigenvalue weighted by molar-refractivity contribution is 0.141. The summed E-state index contributed by atoms with van der Waals surface area (Å²) in [7, 11) is 0. The molecule has 0 saturated heterocycles. The summed E-state index contributed by atoms with van der Waals surface area (Å²) in [6, 6.07) is 0.385. The fraction of sp³-hybridized carbons (Fsp3) is 0.923. The van der Waals surface area contributed by atoms with Crippen molar-refractivity contribution in [3.8, 4) is 0 Å². The van der Waals surface area contributed by atoms with E-state index in [1.807, 2.05) is 0 Å². The van der Waals surface area contributed by atoms with Gasteiger partial charge in [0.2, 0.25) is 0 Å². The van der Waals surface area contributed by atoms with E-state index in [4.69, 9.17) is 5.73 Å². The van der Waals surface area contributed by atoms with Gasteiger partial charge in [0, 0.05) is 18.0 Å². The Morgan fingerprint density at radius 3 is 2.41 bits per heavy atom. The zero-order valence-electron chi connectivity index (χ0n) is 10.6. The van der Waals surface area contributed by atoms with Crippen molar-refractivity contribution in [1.29, 1.82) is 0 Å². The summed E-state index contributed by atoms with van der Waals surface area (Å²) in [6.45, 7) is 1.43. The Hall–Kier alpha value is -0.770. The molecule has 2 rings (SSSR count). The van der Waals surface area contributed by atoms with E-state index in [0.29, 0.717) is 12.6 Å². The Kier molecular flexibility index (Phi) is 4.26. The summed E-state index contributed by atoms with van der Waals surface area (Å²) < 4.78 is 0. The maximum atomic E-state index is 11.8. The van der Waals surface area contributed by atoms with E-state index in [-0.39, 0.29) is 11.4 Å². The summed E-state index contributed by atoms with van der Waals surface area (Å²) in [5.74, 6) is 0. The van der Waals surface area contributed by atoms with E-state index in [1.165, 1.54) is 25.7 Å². The first-order chi connectivity index (χ1) is 8.24. The van der Waals surface area contributed by atoms with E-state index in [9.17, 15) is 4.79 Å². The van der Waals surface area contributed by atoms with Crippen molar-refractivity contribution < 1.29 is 4.79 Å². The molecule has 4 nitrogen and oxygen atoms in total. The first-order valence-electron chi connectivity index (χ1n) is 6.99. The highest BCUT2D eigenvalue weighted by molar-refractivity contribution is 5.74. The molecule has 0 aromatic carbocycles. The number of nitrogens with one attached hydrogen (secondary N) is 2. The van der Waals surface area contributed by atoms with E-state index in [2.05, 4.69) is 10.6 Å². The predicted molar refractivity (Wildman–Crippen MR) is 68.7 cm³/mol. The maximum Gasteiger partial charge on any atom is 0.315 e. The molecule has 2 amide bonds. The van der Waals surface area contributed by atoms with Gasteiger partial charge in [-0.25, -0.2) is 4.79 Å². The minimum atomic E-state index is -0.00313. The van der Waals surface area contributed by atoms with Crippen LogP contribution in [0.5, 0.6) is 0 Å². The van der Waals surface area contributed by atoms with Gasteiger partial charge in [0.25, 0.3) is 0 Å². The van der Waals surface area contributed by atoms with Crippen LogP contribution in [0, 0.1) is 5.41 Å². The second-order valence-corrected chi connectivity index (χ2v) is 5.72. The Morgan fingerprint density at radius 1 is 1.18 bits per heavy atom. The molecule has 0 spiro atoms. The number of amides is 2. The summed E-state index contributed by atoms with van der Waals surface area (Å²) in [5.41, 5.74) is 5.97. The van der Waals surface area contributed by atoms with Crippen LogP contribution in [0.3, 0.4) is 0 Å². The van der Waals surface area contributed by atoms with Gasteiger partial charge in [-0.05, 0) is 32.2 Å². The summed E-state index contributed by atoms with van der Waals surface area (Å²) in [4.78, 5) is 11.8. The highest BCUT2D eigenvalue weighted by atomic mass is 16.2. The number of nitrogens with two attached hydrogens (primary N) is 1. The second kappa shape index (κ2) is 5.71. The number of hydrogen-bond donors (Lipinski definition) is 3. The Morgan fingerprint density at radius 2 is 1.88 bits per heavy atom. The van der Waals surface area contributed by atoms with Crippen LogP contribution in [0.4, 0.5) is 4.79 Å². The van der Waals surface area contributed by atoms with Crippen LogP contribution in [0.1, 0.15) is 51.4 Å². The topological polar surface area (TPSA) is 67.1 Å². The summed E-state index contributed by atoms with van der Waals surface area (Å²) in [6.07, 6.45) is 9.65. The van der Waals surface area contributed by atoms with Gasteiger partial charge in [0.1, 0.15) is 0 Å². The molecule has 2 aliphatic rings. The average Bonchev–Trinajstić information content (AvgIpc) is 2.29. The van der Waals surface area contributed by atoms with Gasteiger partial charge in [0.05, 0.1) is 0 Å². The molecular formula is C13H25N3O. The molecule has 0 aliphatic heterocycles. The van der Waals surface area contributed by atoms with E-state index in [0.717, 1.165) is 32.2 Å². The maximum absolute atomic E-state index is 11.8. The number of urea groups is 1. The Balaban J connectivity index is 1.66. The molecule has 2 saturated carbocycles. The van der Waals surface area contributed by atoms with Crippen molar-refractivity contribution in [2.45, 2.75) is 57.4 Å². The van der Waals surface area contributed by atoms with Crippen molar-refractivity contribution in [1.82, 2.24) is 10.6 Å². The molecule has 0 aromatic heterocycles. The monoisotopic (exact) mass is 239 g/mol. The first-order valence-corrected chi connectivity index (χ1v) is 6.99. The zero-order valence-corrected chi connectivity index (χ0v) is 10.6. The van der Waals surface area contributed by atoms with Crippen LogP contribution in [-0.2, 0) is 0 Å². The van der Waals surface area contributed by atoms with Crippen LogP contribution < -0.4 is 16.4 Å². The normalized spacial score (nSPS) is 23.8. The molecule has 4 heteroatoms. The molecule has 17 heavy (non-hydrogen) atoms. The molecule has 0 heterocycles. The lowest BCUT2D eigenvalue weighted by Gasteiger charge is -2.41. The lowest BCUT2D eigenvalue weighted by atomic mass is 9.69. The smallest absolute Gasteiger partial charge is 0.315 e. The second-order valence-electron chi connectivity index (χ2n) is 5.72. The molecular weight excluding hydrogens is 214 g/mol. The van der Waals surface area contributed by atoms with Crippen LogP contribution in [-0.4, -0.2) is 25.2 Å². The van der Waals surface area contributed by atoms with Gasteiger partial charge in [0.15, 0.2) is 0 Å². The van der Waals surface area contributed by atoms with Crippen LogP contribution >= 0.6 is 0 Å². The van der Waals surface area contributed by atoms with Gasteiger partial charge >= 0.3 is 6.03 Å². The largest absolute Gasteiger partial charge is 0.338 e. The van der Waals surface area contributed by atoms with Gasteiger partial charge in [-0.3, -0.25) is 0 Å². The molecule has 0 radical (unpaired) electrons. The van der Waals surface area contributed by atoms with Crippen LogP contribution in [0.25, 0.3) is 0 Å². The third-order valence-electron chi connectivity index (χ3n) is 4.41. The fourth-order valence-corrected chi connectivity index (χ4v) is 2.88. The predicted octanol–water partition coefficient (Wildman–Crippen LogP) is 1.75. The molecule has 0 bridgehead atoms.